The van der Waals surface area contributed by atoms with Crippen molar-refractivity contribution in [3.8, 4) is 0 Å². The van der Waals surface area contributed by atoms with Gasteiger partial charge in [-0.25, -0.2) is 0 Å². The second kappa shape index (κ2) is 68.6. The third-order valence-corrected chi connectivity index (χ3v) is 15.8. The van der Waals surface area contributed by atoms with E-state index in [4.69, 9.17) is 14.2 Å². The Morgan fingerprint density at radius 1 is 0.263 bits per heavy atom. The predicted octanol–water partition coefficient (Wildman–Crippen LogP) is 24.3. The Bertz CT molecular complexity index is 1430. The fourth-order valence-electron chi connectivity index (χ4n) is 10.5. The van der Waals surface area contributed by atoms with Gasteiger partial charge >= 0.3 is 17.9 Å². The highest BCUT2D eigenvalue weighted by molar-refractivity contribution is 5.71. The molecule has 0 fully saturated rings. The highest BCUT2D eigenvalue weighted by atomic mass is 16.6. The number of carbonyl (C=O) groups is 3. The predicted molar refractivity (Wildman–Crippen MR) is 348 cm³/mol. The Labute approximate surface area is 498 Å². The van der Waals surface area contributed by atoms with Crippen LogP contribution < -0.4 is 0 Å². The first-order chi connectivity index (χ1) is 39.5. The lowest BCUT2D eigenvalue weighted by Gasteiger charge is -2.18. The van der Waals surface area contributed by atoms with Crippen molar-refractivity contribution in [1.82, 2.24) is 0 Å². The molecule has 0 aliphatic carbocycles. The van der Waals surface area contributed by atoms with Crippen LogP contribution >= 0.6 is 0 Å². The lowest BCUT2D eigenvalue weighted by atomic mass is 10.0. The van der Waals surface area contributed by atoms with Gasteiger partial charge < -0.3 is 14.2 Å². The Morgan fingerprint density at radius 2 is 0.487 bits per heavy atom. The van der Waals surface area contributed by atoms with Crippen molar-refractivity contribution in [2.75, 3.05) is 13.2 Å². The van der Waals surface area contributed by atoms with E-state index in [-0.39, 0.29) is 31.1 Å². The van der Waals surface area contributed by atoms with Crippen LogP contribution in [0.15, 0.2) is 60.8 Å². The van der Waals surface area contributed by atoms with E-state index in [0.717, 1.165) is 83.5 Å². The van der Waals surface area contributed by atoms with Gasteiger partial charge in [0.25, 0.3) is 0 Å². The number of ether oxygens (including phenoxy) is 3. The van der Waals surface area contributed by atoms with Crippen LogP contribution in [0.5, 0.6) is 0 Å². The molecular weight excluding hydrogens is 985 g/mol. The average molecular weight is 1120 g/mol. The van der Waals surface area contributed by atoms with Crippen molar-refractivity contribution < 1.29 is 28.6 Å². The fourth-order valence-corrected chi connectivity index (χ4v) is 10.5. The van der Waals surface area contributed by atoms with Crippen LogP contribution in [0.1, 0.15) is 374 Å². The summed E-state index contributed by atoms with van der Waals surface area (Å²) < 4.78 is 16.8. The van der Waals surface area contributed by atoms with Crippen molar-refractivity contribution in [3.63, 3.8) is 0 Å². The molecule has 0 spiro atoms. The fraction of sp³-hybridized carbons (Fsp3) is 0.824. The lowest BCUT2D eigenvalue weighted by Crippen LogP contribution is -2.30. The summed E-state index contributed by atoms with van der Waals surface area (Å²) in [5, 5.41) is 0. The van der Waals surface area contributed by atoms with Crippen molar-refractivity contribution in [1.29, 1.82) is 0 Å². The van der Waals surface area contributed by atoms with E-state index >= 15 is 0 Å². The van der Waals surface area contributed by atoms with Gasteiger partial charge in [-0.3, -0.25) is 14.4 Å². The molecule has 0 saturated carbocycles. The van der Waals surface area contributed by atoms with Crippen LogP contribution in [-0.4, -0.2) is 37.2 Å². The molecule has 0 aliphatic rings. The molecule has 0 aliphatic heterocycles. The van der Waals surface area contributed by atoms with Gasteiger partial charge in [0.05, 0.1) is 0 Å². The van der Waals surface area contributed by atoms with Gasteiger partial charge in [-0.1, -0.05) is 332 Å². The average Bonchev–Trinajstić information content (AvgIpc) is 3.46. The van der Waals surface area contributed by atoms with Crippen molar-refractivity contribution in [2.24, 2.45) is 0 Å². The van der Waals surface area contributed by atoms with Gasteiger partial charge in [-0.2, -0.15) is 0 Å². The van der Waals surface area contributed by atoms with Crippen molar-refractivity contribution >= 4 is 17.9 Å². The molecule has 0 bridgehead atoms. The SMILES string of the molecule is CC/C=C\C/C=C\C/C=C\C/C=C\CCCCCCCCCCCCCCCCCCCCCCCCC(=O)OCC(COC(=O)CCCCCCCC)OC(=O)CCCCCCCCCCC/C=C\CCCCCCCCCC. The normalized spacial score (nSPS) is 12.4. The molecule has 0 N–H and O–H groups in total. The number of carbonyl (C=O) groups excluding carboxylic acids is 3. The van der Waals surface area contributed by atoms with Gasteiger partial charge in [-0.05, 0) is 83.5 Å². The minimum absolute atomic E-state index is 0.0691. The molecule has 6 heteroatoms. The van der Waals surface area contributed by atoms with Crippen LogP contribution in [0.3, 0.4) is 0 Å². The maximum Gasteiger partial charge on any atom is 0.306 e. The van der Waals surface area contributed by atoms with Crippen molar-refractivity contribution in [3.05, 3.63) is 60.8 Å². The second-order valence-electron chi connectivity index (χ2n) is 23.8. The van der Waals surface area contributed by atoms with Gasteiger partial charge in [0, 0.05) is 19.3 Å². The van der Waals surface area contributed by atoms with E-state index in [1.54, 1.807) is 0 Å². The zero-order valence-electron chi connectivity index (χ0n) is 53.6. The molecule has 80 heavy (non-hydrogen) atoms. The van der Waals surface area contributed by atoms with E-state index in [2.05, 4.69) is 81.5 Å². The molecule has 0 radical (unpaired) electrons. The summed E-state index contributed by atoms with van der Waals surface area (Å²) >= 11 is 0. The van der Waals surface area contributed by atoms with Gasteiger partial charge in [0.15, 0.2) is 6.10 Å². The lowest BCUT2D eigenvalue weighted by molar-refractivity contribution is -0.167. The molecule has 0 rings (SSSR count). The maximum atomic E-state index is 12.9. The van der Waals surface area contributed by atoms with Crippen LogP contribution in [0.2, 0.25) is 0 Å². The molecule has 1 atom stereocenters. The topological polar surface area (TPSA) is 78.9 Å². The number of rotatable bonds is 65. The molecule has 0 aromatic rings. The molecule has 0 heterocycles. The summed E-state index contributed by atoms with van der Waals surface area (Å²) in [4.78, 5) is 38.1. The highest BCUT2D eigenvalue weighted by Gasteiger charge is 2.19. The molecule has 1 unspecified atom stereocenters. The summed E-state index contributed by atoms with van der Waals surface area (Å²) in [7, 11) is 0. The van der Waals surface area contributed by atoms with E-state index in [1.165, 1.54) is 250 Å². The molecule has 0 saturated heterocycles. The first-order valence-electron chi connectivity index (χ1n) is 35.3. The van der Waals surface area contributed by atoms with E-state index in [9.17, 15) is 14.4 Å². The molecule has 0 aromatic carbocycles. The third kappa shape index (κ3) is 65.9. The summed E-state index contributed by atoms with van der Waals surface area (Å²) in [6, 6.07) is 0. The third-order valence-electron chi connectivity index (χ3n) is 15.8. The van der Waals surface area contributed by atoms with Crippen LogP contribution in [-0.2, 0) is 28.6 Å². The first-order valence-corrected chi connectivity index (χ1v) is 35.3. The number of esters is 3. The monoisotopic (exact) mass is 1120 g/mol. The zero-order valence-corrected chi connectivity index (χ0v) is 53.6. The largest absolute Gasteiger partial charge is 0.462 e. The van der Waals surface area contributed by atoms with Crippen LogP contribution in [0.4, 0.5) is 0 Å². The van der Waals surface area contributed by atoms with Crippen LogP contribution in [0.25, 0.3) is 0 Å². The summed E-state index contributed by atoms with van der Waals surface area (Å²) in [5.74, 6) is -0.859. The Morgan fingerprint density at radius 3 is 0.775 bits per heavy atom. The summed E-state index contributed by atoms with van der Waals surface area (Å²) in [6.07, 6.45) is 88.7. The molecule has 466 valence electrons. The Hall–Kier alpha value is -2.89. The zero-order chi connectivity index (χ0) is 57.8. The number of allylic oxidation sites excluding steroid dienone is 10. The maximum absolute atomic E-state index is 12.9. The molecule has 0 aromatic heterocycles. The first kappa shape index (κ1) is 77.1. The Kier molecular flexibility index (Phi) is 66.1. The quantitative estimate of drug-likeness (QED) is 0.0261. The Balaban J connectivity index is 3.93. The van der Waals surface area contributed by atoms with E-state index in [1.807, 2.05) is 0 Å². The minimum atomic E-state index is -0.769. The van der Waals surface area contributed by atoms with E-state index in [0.29, 0.717) is 19.3 Å². The number of hydrogen-bond donors (Lipinski definition) is 0. The van der Waals surface area contributed by atoms with Gasteiger partial charge in [-0.15, -0.1) is 0 Å². The van der Waals surface area contributed by atoms with E-state index < -0.39 is 6.10 Å². The summed E-state index contributed by atoms with van der Waals surface area (Å²) in [5.41, 5.74) is 0. The highest BCUT2D eigenvalue weighted by Crippen LogP contribution is 2.18. The molecule has 0 amide bonds. The van der Waals surface area contributed by atoms with Gasteiger partial charge in [0.1, 0.15) is 13.2 Å². The van der Waals surface area contributed by atoms with Gasteiger partial charge in [0.2, 0.25) is 0 Å². The molecule has 6 nitrogen and oxygen atoms in total. The van der Waals surface area contributed by atoms with Crippen molar-refractivity contribution in [2.45, 2.75) is 380 Å². The number of unbranched alkanes of at least 4 members (excludes halogenated alkanes) is 44. The standard InChI is InChI=1S/C74H134O6/c1-4-7-10-13-16-18-20-22-24-26-28-30-31-32-33-34-35-36-37-38-39-40-41-42-43-45-46-48-50-52-54-56-58-61-64-67-73(76)79-70-71(69-78-72(75)66-63-60-15-12-9-6-3)80-74(77)68-65-62-59-57-55-53-51-49-47-44-29-27-25-23-21-19-17-14-11-8-5-2/h7,10,16,18,22,24,27-30,71H,4-6,8-9,11-15,17,19-21,23,25-26,31-70H2,1-3H3/b10-7-,18-16-,24-22-,29-27-,30-28-. The number of hydrogen-bond acceptors (Lipinski definition) is 6. The minimum Gasteiger partial charge on any atom is -0.462 e. The smallest absolute Gasteiger partial charge is 0.306 e. The molecular formula is C74H134O6. The summed E-state index contributed by atoms with van der Waals surface area (Å²) in [6.45, 7) is 6.52. The van der Waals surface area contributed by atoms with Crippen LogP contribution in [0, 0.1) is 0 Å². The second-order valence-corrected chi connectivity index (χ2v) is 23.8.